The summed E-state index contributed by atoms with van der Waals surface area (Å²) in [4.78, 5) is 0. The van der Waals surface area contributed by atoms with Gasteiger partial charge in [0, 0.05) is 0 Å². The van der Waals surface area contributed by atoms with Gasteiger partial charge in [0.25, 0.3) is 0 Å². The molecule has 0 amide bonds. The molecular weight excluding hydrogens is 560 g/mol. The predicted octanol–water partition coefficient (Wildman–Crippen LogP) is -5.64. The number of rotatable bonds is 6. The molecule has 0 aromatic carbocycles. The van der Waals surface area contributed by atoms with Gasteiger partial charge in [0.2, 0.25) is 0 Å². The Morgan fingerprint density at radius 1 is 0.341 bits per heavy atom. The quantitative estimate of drug-likeness (QED) is 0.136. The summed E-state index contributed by atoms with van der Waals surface area (Å²) in [7, 11) is 0. The summed E-state index contributed by atoms with van der Waals surface area (Å²) in [6.07, 6.45) is -28.7. The molecule has 0 aliphatic carbocycles. The highest BCUT2D eigenvalue weighted by Gasteiger charge is 2.53. The van der Waals surface area contributed by atoms with Crippen LogP contribution in [0.1, 0.15) is 27.7 Å². The van der Waals surface area contributed by atoms with Crippen LogP contribution in [0.5, 0.6) is 0 Å². The van der Waals surface area contributed by atoms with Gasteiger partial charge in [-0.1, -0.05) is 0 Å². The summed E-state index contributed by atoms with van der Waals surface area (Å²) in [5.74, 6) is 0. The van der Waals surface area contributed by atoms with Crippen LogP contribution in [0.3, 0.4) is 0 Å². The Balaban J connectivity index is 1.37. The molecule has 4 aliphatic rings. The third kappa shape index (κ3) is 6.57. The van der Waals surface area contributed by atoms with Gasteiger partial charge >= 0.3 is 0 Å². The van der Waals surface area contributed by atoms with Crippen LogP contribution in [0.4, 0.5) is 0 Å². The van der Waals surface area contributed by atoms with Crippen LogP contribution >= 0.6 is 0 Å². The normalized spacial score (nSPS) is 56.9. The van der Waals surface area contributed by atoms with E-state index in [1.54, 1.807) is 0 Å². The second-order valence-corrected chi connectivity index (χ2v) is 11.1. The van der Waals surface area contributed by atoms with E-state index in [1.165, 1.54) is 27.7 Å². The Morgan fingerprint density at radius 2 is 0.659 bits per heavy atom. The zero-order chi connectivity index (χ0) is 30.5. The first-order valence-corrected chi connectivity index (χ1v) is 13.5. The lowest BCUT2D eigenvalue weighted by atomic mass is 9.96. The Morgan fingerprint density at radius 3 is 1.12 bits per heavy atom. The van der Waals surface area contributed by atoms with E-state index in [0.29, 0.717) is 0 Å². The van der Waals surface area contributed by atoms with Gasteiger partial charge in [0.05, 0.1) is 24.4 Å². The molecule has 240 valence electrons. The van der Waals surface area contributed by atoms with E-state index in [2.05, 4.69) is 0 Å². The maximum atomic E-state index is 10.8. The van der Waals surface area contributed by atoms with Crippen LogP contribution in [0, 0.1) is 0 Å². The minimum atomic E-state index is -1.79. The van der Waals surface area contributed by atoms with Crippen LogP contribution in [0.2, 0.25) is 0 Å². The van der Waals surface area contributed by atoms with Crippen molar-refractivity contribution in [1.82, 2.24) is 0 Å². The van der Waals surface area contributed by atoms with Crippen molar-refractivity contribution in [1.29, 1.82) is 0 Å². The lowest BCUT2D eigenvalue weighted by Gasteiger charge is -2.48. The minimum absolute atomic E-state index is 0.896. The summed E-state index contributed by atoms with van der Waals surface area (Å²) < 4.78 is 38.6. The van der Waals surface area contributed by atoms with E-state index in [-0.39, 0.29) is 0 Å². The maximum Gasteiger partial charge on any atom is 0.187 e. The van der Waals surface area contributed by atoms with E-state index in [1.807, 2.05) is 0 Å². The third-order valence-electron chi connectivity index (χ3n) is 8.04. The second-order valence-electron chi connectivity index (χ2n) is 11.1. The Hall–Kier alpha value is -0.680. The average molecular weight is 603 g/mol. The van der Waals surface area contributed by atoms with Crippen LogP contribution < -0.4 is 0 Å². The summed E-state index contributed by atoms with van der Waals surface area (Å²) in [6.45, 7) is 5.80. The molecule has 41 heavy (non-hydrogen) atoms. The molecule has 0 spiro atoms. The van der Waals surface area contributed by atoms with Crippen LogP contribution in [-0.2, 0) is 33.2 Å². The van der Waals surface area contributed by atoms with Crippen molar-refractivity contribution in [3.05, 3.63) is 0 Å². The van der Waals surface area contributed by atoms with Gasteiger partial charge < -0.3 is 84.2 Å². The van der Waals surface area contributed by atoms with Gasteiger partial charge in [0.1, 0.15) is 73.2 Å². The molecule has 4 fully saturated rings. The van der Waals surface area contributed by atoms with Crippen molar-refractivity contribution in [3.63, 3.8) is 0 Å². The minimum Gasteiger partial charge on any atom is -0.388 e. The molecule has 0 saturated carbocycles. The number of aliphatic hydroxyl groups excluding tert-OH is 10. The van der Waals surface area contributed by atoms with Crippen LogP contribution in [-0.4, -0.2) is 174 Å². The Kier molecular flexibility index (Phi) is 10.6. The Labute approximate surface area is 235 Å². The first-order chi connectivity index (χ1) is 19.1. The lowest BCUT2D eigenvalue weighted by Crippen LogP contribution is -2.66. The summed E-state index contributed by atoms with van der Waals surface area (Å²) in [6, 6.07) is 0. The van der Waals surface area contributed by atoms with Gasteiger partial charge in [0.15, 0.2) is 25.2 Å². The summed E-state index contributed by atoms with van der Waals surface area (Å²) in [5, 5.41) is 104. The van der Waals surface area contributed by atoms with E-state index in [9.17, 15) is 51.1 Å². The molecule has 4 heterocycles. The lowest BCUT2D eigenvalue weighted by molar-refractivity contribution is -0.383. The highest BCUT2D eigenvalue weighted by Crippen LogP contribution is 2.33. The predicted molar refractivity (Wildman–Crippen MR) is 128 cm³/mol. The van der Waals surface area contributed by atoms with E-state index >= 15 is 0 Å². The maximum absolute atomic E-state index is 10.8. The van der Waals surface area contributed by atoms with E-state index in [0.717, 1.165) is 0 Å². The number of hydrogen-bond acceptors (Lipinski definition) is 17. The van der Waals surface area contributed by atoms with Crippen molar-refractivity contribution in [3.8, 4) is 0 Å². The van der Waals surface area contributed by atoms with Gasteiger partial charge in [-0.3, -0.25) is 0 Å². The molecule has 20 atom stereocenters. The average Bonchev–Trinajstić information content (AvgIpc) is 2.92. The summed E-state index contributed by atoms with van der Waals surface area (Å²) in [5.41, 5.74) is 0. The largest absolute Gasteiger partial charge is 0.388 e. The van der Waals surface area contributed by atoms with Gasteiger partial charge in [-0.15, -0.1) is 0 Å². The SMILES string of the molecule is C[C@@H]1O[C@@H](O[C@@H]2[C@@H](O)[C@@H](O)[C@H](O[C@@H]3[C@@H](O)[C@@H](O)[C@H](O[C@H]4C(O)O[C@H](C)[C@H](O)[C@@H]4O)O[C@H]3C)O[C@H]2C)[C@H](O)[C@H](O)[C@H]1O. The molecule has 0 aromatic heterocycles. The molecule has 0 bridgehead atoms. The van der Waals surface area contributed by atoms with Crippen molar-refractivity contribution in [2.45, 2.75) is 151 Å². The topological polar surface area (TPSA) is 267 Å². The fourth-order valence-electron chi connectivity index (χ4n) is 5.37. The van der Waals surface area contributed by atoms with Crippen LogP contribution in [0.15, 0.2) is 0 Å². The third-order valence-corrected chi connectivity index (χ3v) is 8.04. The zero-order valence-electron chi connectivity index (χ0n) is 22.9. The highest BCUT2D eigenvalue weighted by molar-refractivity contribution is 4.96. The first-order valence-electron chi connectivity index (χ1n) is 13.5. The fraction of sp³-hybridized carbons (Fsp3) is 1.00. The van der Waals surface area contributed by atoms with E-state index in [4.69, 9.17) is 33.2 Å². The fourth-order valence-corrected chi connectivity index (χ4v) is 5.37. The van der Waals surface area contributed by atoms with E-state index < -0.39 is 123 Å². The molecular formula is C24H42O17. The molecule has 17 nitrogen and oxygen atoms in total. The first kappa shape index (κ1) is 33.2. The van der Waals surface area contributed by atoms with Crippen LogP contribution in [0.25, 0.3) is 0 Å². The van der Waals surface area contributed by atoms with Crippen molar-refractivity contribution >= 4 is 0 Å². The molecule has 1 unspecified atom stereocenters. The molecule has 4 aliphatic heterocycles. The number of ether oxygens (including phenoxy) is 7. The molecule has 0 radical (unpaired) electrons. The molecule has 0 aromatic rings. The monoisotopic (exact) mass is 602 g/mol. The Bertz CT molecular complexity index is 853. The number of hydrogen-bond donors (Lipinski definition) is 10. The van der Waals surface area contributed by atoms with Crippen molar-refractivity contribution in [2.24, 2.45) is 0 Å². The highest BCUT2D eigenvalue weighted by atomic mass is 16.8. The van der Waals surface area contributed by atoms with Crippen molar-refractivity contribution in [2.75, 3.05) is 0 Å². The number of aliphatic hydroxyl groups is 10. The smallest absolute Gasteiger partial charge is 0.187 e. The molecule has 17 heteroatoms. The molecule has 4 saturated heterocycles. The zero-order valence-corrected chi connectivity index (χ0v) is 22.9. The molecule has 4 rings (SSSR count). The standard InChI is InChI=1S/C24H42O17/c1-5-10(26)12(28)20(21(34)35-5)41-24-17(33)14(30)19(8(4)38-24)40-23-16(32)13(29)18(7(3)37-23)39-22-15(31)11(27)9(25)6(2)36-22/h5-34H,1-4H3/t5-,6+,7+,8+,9+,10+,11-,12+,13+,14+,15-,16-,17-,18+,19+,20-,21?,22+,23+,24+/m1/s1. The van der Waals surface area contributed by atoms with Gasteiger partial charge in [-0.05, 0) is 27.7 Å². The van der Waals surface area contributed by atoms with Crippen molar-refractivity contribution < 1.29 is 84.2 Å². The summed E-state index contributed by atoms with van der Waals surface area (Å²) >= 11 is 0. The molecule has 10 N–H and O–H groups in total. The van der Waals surface area contributed by atoms with Gasteiger partial charge in [-0.2, -0.15) is 0 Å². The second kappa shape index (κ2) is 13.1. The van der Waals surface area contributed by atoms with Gasteiger partial charge in [-0.25, -0.2) is 0 Å².